The summed E-state index contributed by atoms with van der Waals surface area (Å²) in [7, 11) is 3.22. The summed E-state index contributed by atoms with van der Waals surface area (Å²) >= 11 is 3.94. The first-order chi connectivity index (χ1) is 18.4. The van der Waals surface area contributed by atoms with E-state index in [4.69, 9.17) is 5.73 Å². The molecule has 39 heavy (non-hydrogen) atoms. The molecule has 0 aliphatic heterocycles. The van der Waals surface area contributed by atoms with Crippen molar-refractivity contribution in [1.29, 1.82) is 0 Å². The second kappa shape index (κ2) is 10.4. The summed E-state index contributed by atoms with van der Waals surface area (Å²) in [5.74, 6) is -5.69. The van der Waals surface area contributed by atoms with Crippen molar-refractivity contribution in [3.63, 3.8) is 0 Å². The zero-order valence-electron chi connectivity index (χ0n) is 21.9. The van der Waals surface area contributed by atoms with Gasteiger partial charge in [-0.05, 0) is 79.9 Å². The zero-order valence-corrected chi connectivity index (χ0v) is 24.8. The van der Waals surface area contributed by atoms with Gasteiger partial charge in [-0.2, -0.15) is 11.8 Å². The van der Waals surface area contributed by atoms with Crippen LogP contribution in [0.25, 0.3) is 0 Å². The molecule has 0 spiro atoms. The zero-order chi connectivity index (χ0) is 28.4. The topological polar surface area (TPSA) is 161 Å². The van der Waals surface area contributed by atoms with Gasteiger partial charge < -0.3 is 26.2 Å². The summed E-state index contributed by atoms with van der Waals surface area (Å²) in [6.07, 6.45) is 6.29. The molecule has 1 saturated carbocycles. The first-order valence-corrected chi connectivity index (χ1v) is 15.3. The molecule has 0 aromatic heterocycles. The Morgan fingerprint density at radius 2 is 1.85 bits per heavy atom. The summed E-state index contributed by atoms with van der Waals surface area (Å²) < 4.78 is 0.829. The molecular weight excluding hydrogens is 635 g/mol. The summed E-state index contributed by atoms with van der Waals surface area (Å²) in [6, 6.07) is 0.911. The lowest BCUT2D eigenvalue weighted by Crippen LogP contribution is -2.63. The average molecular weight is 669 g/mol. The minimum absolute atomic E-state index is 0.0851. The average Bonchev–Trinajstić information content (AvgIpc) is 2.87. The number of Topliss-reactive ketones (excluding diaryl/α,β-unsaturated/α-hetero) is 2. The maximum atomic E-state index is 13.9. The first-order valence-electron chi connectivity index (χ1n) is 13.2. The first kappa shape index (κ1) is 28.4. The summed E-state index contributed by atoms with van der Waals surface area (Å²) in [5.41, 5.74) is 3.22. The van der Waals surface area contributed by atoms with E-state index in [0.29, 0.717) is 28.6 Å². The van der Waals surface area contributed by atoms with Gasteiger partial charge >= 0.3 is 0 Å². The maximum Gasteiger partial charge on any atom is 0.255 e. The summed E-state index contributed by atoms with van der Waals surface area (Å²) in [6.45, 7) is 0. The molecule has 4 atom stereocenters. The molecule has 6 N–H and O–H groups in total. The number of halogens is 1. The maximum absolute atomic E-state index is 13.9. The third-order valence-corrected chi connectivity index (χ3v) is 11.2. The third kappa shape index (κ3) is 4.40. The van der Waals surface area contributed by atoms with Crippen LogP contribution in [0, 0.1) is 15.4 Å². The van der Waals surface area contributed by atoms with E-state index in [1.165, 1.54) is 19.3 Å². The van der Waals surface area contributed by atoms with Gasteiger partial charge in [0, 0.05) is 31.6 Å². The van der Waals surface area contributed by atoms with Crippen LogP contribution in [0.5, 0.6) is 5.75 Å². The van der Waals surface area contributed by atoms with Crippen LogP contribution in [-0.2, 0) is 21.8 Å². The van der Waals surface area contributed by atoms with Gasteiger partial charge in [0.25, 0.3) is 5.91 Å². The number of ketones is 2. The number of nitrogens with two attached hydrogens (primary N) is 1. The number of primary amides is 1. The summed E-state index contributed by atoms with van der Waals surface area (Å²) in [5, 5.41) is 45.8. The van der Waals surface area contributed by atoms with Crippen LogP contribution in [0.15, 0.2) is 28.7 Å². The Kier molecular flexibility index (Phi) is 7.57. The SMILES string of the molecule is CN(C)C1C(O)=C(C(N)=O)C(=O)[C@@]2(O)C(O)=C3C(=O)c4c(O)c(CSC5CCCCC5)cc(I)c4C[C@H]3C[C@@H]12. The van der Waals surface area contributed by atoms with E-state index >= 15 is 0 Å². The molecule has 1 aromatic carbocycles. The lowest BCUT2D eigenvalue weighted by atomic mass is 9.58. The lowest BCUT2D eigenvalue weighted by molar-refractivity contribution is -0.148. The number of rotatable bonds is 5. The Hall–Kier alpha value is -2.09. The molecule has 210 valence electrons. The minimum Gasteiger partial charge on any atom is -0.510 e. The van der Waals surface area contributed by atoms with Crippen LogP contribution in [0.3, 0.4) is 0 Å². The molecule has 0 heterocycles. The van der Waals surface area contributed by atoms with E-state index in [0.717, 1.165) is 16.4 Å². The number of phenolic OH excluding ortho intramolecular Hbond substituents is 1. The Bertz CT molecular complexity index is 1330. The molecule has 0 radical (unpaired) electrons. The van der Waals surface area contributed by atoms with Crippen molar-refractivity contribution < 1.29 is 34.8 Å². The van der Waals surface area contributed by atoms with Crippen molar-refractivity contribution in [2.45, 2.75) is 67.6 Å². The van der Waals surface area contributed by atoms with E-state index in [1.807, 2.05) is 6.07 Å². The standard InChI is InChI=1S/C28H33IN2O7S/c1-31(2)21-16-9-12-8-15-17(29)10-13(11-39-14-6-4-3-5-7-14)22(32)19(15)23(33)18(12)25(35)28(16,38)26(36)20(24(21)34)27(30)37/h10,12,14,16,21,32,34-35,38H,3-9,11H2,1-2H3,(H2,30,37)/t12-,16-,21?,28-/m0/s1. The van der Waals surface area contributed by atoms with E-state index in [-0.39, 0.29) is 23.3 Å². The molecule has 1 aromatic rings. The number of benzene rings is 1. The minimum atomic E-state index is -2.62. The fourth-order valence-corrected chi connectivity index (χ4v) is 9.04. The van der Waals surface area contributed by atoms with Gasteiger partial charge in [0.1, 0.15) is 22.8 Å². The van der Waals surface area contributed by atoms with Crippen LogP contribution in [-0.4, -0.2) is 73.8 Å². The van der Waals surface area contributed by atoms with E-state index < -0.39 is 58.0 Å². The second-order valence-corrected chi connectivity index (χ2v) is 13.7. The molecular formula is C28H33IN2O7S. The summed E-state index contributed by atoms with van der Waals surface area (Å²) in [4.78, 5) is 41.0. The van der Waals surface area contributed by atoms with E-state index in [1.54, 1.807) is 30.8 Å². The van der Waals surface area contributed by atoms with Gasteiger partial charge in [-0.15, -0.1) is 0 Å². The van der Waals surface area contributed by atoms with Crippen molar-refractivity contribution in [2.24, 2.45) is 17.6 Å². The number of phenols is 1. The highest BCUT2D eigenvalue weighted by molar-refractivity contribution is 14.1. The number of aliphatic hydroxyl groups is 3. The number of carbonyl (C=O) groups is 3. The van der Waals surface area contributed by atoms with Gasteiger partial charge in [0.2, 0.25) is 5.78 Å². The normalized spacial score (nSPS) is 29.4. The molecule has 1 amide bonds. The number of fused-ring (bicyclic) bond motifs is 3. The smallest absolute Gasteiger partial charge is 0.255 e. The molecule has 0 bridgehead atoms. The Morgan fingerprint density at radius 1 is 1.18 bits per heavy atom. The number of likely N-dealkylation sites (N-methyl/N-ethyl adjacent to an activating group) is 1. The highest BCUT2D eigenvalue weighted by atomic mass is 127. The van der Waals surface area contributed by atoms with Crippen LogP contribution in [0.2, 0.25) is 0 Å². The molecule has 4 aliphatic rings. The van der Waals surface area contributed by atoms with Crippen LogP contribution < -0.4 is 5.73 Å². The van der Waals surface area contributed by atoms with E-state index in [2.05, 4.69) is 22.6 Å². The highest BCUT2D eigenvalue weighted by Crippen LogP contribution is 2.53. The number of carbonyl (C=O) groups excluding carboxylic acids is 3. The van der Waals surface area contributed by atoms with Gasteiger partial charge in [-0.1, -0.05) is 19.3 Å². The number of hydrogen-bond acceptors (Lipinski definition) is 9. The molecule has 1 fully saturated rings. The fourth-order valence-electron chi connectivity index (χ4n) is 6.87. The molecule has 9 nitrogen and oxygen atoms in total. The number of aromatic hydroxyl groups is 1. The number of hydrogen-bond donors (Lipinski definition) is 5. The monoisotopic (exact) mass is 668 g/mol. The molecule has 4 aliphatic carbocycles. The van der Waals surface area contributed by atoms with Gasteiger partial charge in [-0.3, -0.25) is 19.3 Å². The highest BCUT2D eigenvalue weighted by Gasteiger charge is 2.63. The number of thioether (sulfide) groups is 1. The van der Waals surface area contributed by atoms with Crippen LogP contribution in [0.4, 0.5) is 0 Å². The molecule has 11 heteroatoms. The van der Waals surface area contributed by atoms with Crippen molar-refractivity contribution in [3.05, 3.63) is 49.0 Å². The van der Waals surface area contributed by atoms with Crippen LogP contribution in [0.1, 0.15) is 60.0 Å². The van der Waals surface area contributed by atoms with Crippen molar-refractivity contribution in [2.75, 3.05) is 14.1 Å². The Balaban J connectivity index is 1.59. The number of allylic oxidation sites excluding steroid dienone is 1. The van der Waals surface area contributed by atoms with Gasteiger partial charge in [0.15, 0.2) is 11.4 Å². The van der Waals surface area contributed by atoms with E-state index in [9.17, 15) is 34.8 Å². The third-order valence-electron chi connectivity index (χ3n) is 8.77. The largest absolute Gasteiger partial charge is 0.510 e. The number of aliphatic hydroxyl groups excluding tert-OH is 2. The van der Waals surface area contributed by atoms with Crippen LogP contribution >= 0.6 is 34.4 Å². The van der Waals surface area contributed by atoms with Crippen molar-refractivity contribution in [3.8, 4) is 5.75 Å². The molecule has 1 unspecified atom stereocenters. The quantitative estimate of drug-likeness (QED) is 0.234. The molecule has 0 saturated heterocycles. The predicted octanol–water partition coefficient (Wildman–Crippen LogP) is 3.29. The number of amides is 1. The lowest BCUT2D eigenvalue weighted by Gasteiger charge is -2.50. The van der Waals surface area contributed by atoms with Gasteiger partial charge in [-0.25, -0.2) is 0 Å². The Morgan fingerprint density at radius 3 is 2.46 bits per heavy atom. The van der Waals surface area contributed by atoms with Crippen molar-refractivity contribution in [1.82, 2.24) is 4.90 Å². The van der Waals surface area contributed by atoms with Crippen molar-refractivity contribution >= 4 is 51.8 Å². The fraction of sp³-hybridized carbons (Fsp3) is 0.536. The molecule has 5 rings (SSSR count). The van der Waals surface area contributed by atoms with Gasteiger partial charge in [0.05, 0.1) is 11.6 Å². The second-order valence-electron chi connectivity index (χ2n) is 11.3. The number of nitrogens with zero attached hydrogens (tertiary/aromatic N) is 1. The Labute approximate surface area is 244 Å². The predicted molar refractivity (Wildman–Crippen MR) is 155 cm³/mol.